The second-order valence-electron chi connectivity index (χ2n) is 5.91. The van der Waals surface area contributed by atoms with Gasteiger partial charge in [0, 0.05) is 26.2 Å². The fourth-order valence-corrected chi connectivity index (χ4v) is 2.56. The highest BCUT2D eigenvalue weighted by atomic mass is 35.5. The maximum absolute atomic E-state index is 6.36. The average molecular weight is 297 g/mol. The van der Waals surface area contributed by atoms with Crippen LogP contribution >= 0.6 is 11.6 Å². The van der Waals surface area contributed by atoms with Crippen molar-refractivity contribution in [3.63, 3.8) is 0 Å². The highest BCUT2D eigenvalue weighted by Crippen LogP contribution is 2.29. The van der Waals surface area contributed by atoms with Gasteiger partial charge in [0.05, 0.1) is 17.3 Å². The summed E-state index contributed by atoms with van der Waals surface area (Å²) in [6, 6.07) is 6.35. The second-order valence-corrected chi connectivity index (χ2v) is 6.31. The average Bonchev–Trinajstić information content (AvgIpc) is 3.17. The molecule has 4 heteroatoms. The Labute approximate surface area is 127 Å². The van der Waals surface area contributed by atoms with E-state index >= 15 is 0 Å². The lowest BCUT2D eigenvalue weighted by Gasteiger charge is -2.21. The molecular weight excluding hydrogens is 272 g/mol. The summed E-state index contributed by atoms with van der Waals surface area (Å²) >= 11 is 6.36. The number of nitrogens with zero attached hydrogens (tertiary/aromatic N) is 1. The smallest absolute Gasteiger partial charge is 0.0642 e. The number of likely N-dealkylation sites (N-methyl/N-ethyl adjacent to an activating group) is 1. The number of ether oxygens (including phenoxy) is 1. The molecule has 0 bridgehead atoms. The molecule has 1 aliphatic carbocycles. The quantitative estimate of drug-likeness (QED) is 0.749. The van der Waals surface area contributed by atoms with Crippen LogP contribution in [0.2, 0.25) is 5.02 Å². The third-order valence-electron chi connectivity index (χ3n) is 3.60. The molecule has 1 fully saturated rings. The van der Waals surface area contributed by atoms with Crippen LogP contribution in [0.25, 0.3) is 0 Å². The van der Waals surface area contributed by atoms with Crippen LogP contribution in [-0.2, 0) is 11.2 Å². The van der Waals surface area contributed by atoms with Gasteiger partial charge in [0.1, 0.15) is 0 Å². The molecule has 0 aliphatic heterocycles. The highest BCUT2D eigenvalue weighted by Gasteiger charge is 2.21. The minimum Gasteiger partial charge on any atom is -0.379 e. The van der Waals surface area contributed by atoms with Crippen LogP contribution in [0.1, 0.15) is 25.3 Å². The molecule has 1 atom stereocenters. The Morgan fingerprint density at radius 2 is 2.20 bits per heavy atom. The molecule has 1 aromatic rings. The van der Waals surface area contributed by atoms with Crippen molar-refractivity contribution in [2.24, 2.45) is 11.7 Å². The van der Waals surface area contributed by atoms with E-state index in [0.717, 1.165) is 42.8 Å². The first-order valence-corrected chi connectivity index (χ1v) is 7.77. The van der Waals surface area contributed by atoms with Crippen molar-refractivity contribution < 1.29 is 4.74 Å². The Morgan fingerprint density at radius 1 is 1.45 bits per heavy atom. The topological polar surface area (TPSA) is 38.5 Å². The molecule has 2 N–H and O–H groups in total. The molecule has 0 amide bonds. The number of nitrogens with two attached hydrogens (primary N) is 1. The van der Waals surface area contributed by atoms with E-state index in [4.69, 9.17) is 22.1 Å². The second kappa shape index (κ2) is 7.30. The lowest BCUT2D eigenvalue weighted by atomic mass is 10.1. The van der Waals surface area contributed by atoms with Gasteiger partial charge in [0.15, 0.2) is 0 Å². The summed E-state index contributed by atoms with van der Waals surface area (Å²) in [6.07, 6.45) is 3.53. The van der Waals surface area contributed by atoms with Gasteiger partial charge in [-0.2, -0.15) is 0 Å². The lowest BCUT2D eigenvalue weighted by molar-refractivity contribution is 0.131. The zero-order valence-corrected chi connectivity index (χ0v) is 13.2. The maximum Gasteiger partial charge on any atom is 0.0642 e. The van der Waals surface area contributed by atoms with Crippen molar-refractivity contribution in [1.82, 2.24) is 0 Å². The first-order chi connectivity index (χ1) is 9.56. The van der Waals surface area contributed by atoms with Gasteiger partial charge >= 0.3 is 0 Å². The molecule has 1 saturated carbocycles. The van der Waals surface area contributed by atoms with E-state index in [1.54, 1.807) is 0 Å². The summed E-state index contributed by atoms with van der Waals surface area (Å²) in [6.45, 7) is 4.53. The molecule has 1 aromatic carbocycles. The molecule has 20 heavy (non-hydrogen) atoms. The standard InChI is InChI=1S/C16H25ClN2O/c1-12(18)9-14-5-6-16(15(17)10-14)19(2)7-8-20-11-13-3-4-13/h5-6,10,12-13H,3-4,7-9,11,18H2,1-2H3. The van der Waals surface area contributed by atoms with Crippen LogP contribution in [0.3, 0.4) is 0 Å². The molecule has 0 saturated heterocycles. The Kier molecular flexibility index (Phi) is 5.70. The number of benzene rings is 1. The SMILES string of the molecule is CC(N)Cc1ccc(N(C)CCOCC2CC2)c(Cl)c1. The molecule has 0 spiro atoms. The third-order valence-corrected chi connectivity index (χ3v) is 3.91. The van der Waals surface area contributed by atoms with Gasteiger partial charge in [-0.3, -0.25) is 0 Å². The van der Waals surface area contributed by atoms with E-state index < -0.39 is 0 Å². The van der Waals surface area contributed by atoms with Crippen LogP contribution in [0.5, 0.6) is 0 Å². The molecule has 0 aromatic heterocycles. The van der Waals surface area contributed by atoms with Gasteiger partial charge in [-0.15, -0.1) is 0 Å². The molecule has 0 heterocycles. The molecule has 2 rings (SSSR count). The summed E-state index contributed by atoms with van der Waals surface area (Å²) in [4.78, 5) is 2.14. The first kappa shape index (κ1) is 15.6. The highest BCUT2D eigenvalue weighted by molar-refractivity contribution is 6.33. The van der Waals surface area contributed by atoms with Crippen molar-refractivity contribution in [3.8, 4) is 0 Å². The predicted molar refractivity (Wildman–Crippen MR) is 85.6 cm³/mol. The fourth-order valence-electron chi connectivity index (χ4n) is 2.22. The lowest BCUT2D eigenvalue weighted by Crippen LogP contribution is -2.23. The molecule has 3 nitrogen and oxygen atoms in total. The predicted octanol–water partition coefficient (Wildman–Crippen LogP) is 3.09. The summed E-state index contributed by atoms with van der Waals surface area (Å²) in [5.41, 5.74) is 8.05. The van der Waals surface area contributed by atoms with Gasteiger partial charge in [-0.05, 0) is 49.8 Å². The molecule has 1 aliphatic rings. The minimum absolute atomic E-state index is 0.158. The van der Waals surface area contributed by atoms with Crippen LogP contribution in [-0.4, -0.2) is 32.8 Å². The Morgan fingerprint density at radius 3 is 2.80 bits per heavy atom. The van der Waals surface area contributed by atoms with Gasteiger partial charge in [0.25, 0.3) is 0 Å². The third kappa shape index (κ3) is 4.97. The molecule has 112 valence electrons. The van der Waals surface area contributed by atoms with Gasteiger partial charge in [-0.25, -0.2) is 0 Å². The fraction of sp³-hybridized carbons (Fsp3) is 0.625. The van der Waals surface area contributed by atoms with Crippen LogP contribution in [0.4, 0.5) is 5.69 Å². The molecular formula is C16H25ClN2O. The molecule has 1 unspecified atom stereocenters. The normalized spacial score (nSPS) is 16.2. The van der Waals surface area contributed by atoms with Gasteiger partial charge in [-0.1, -0.05) is 17.7 Å². The zero-order chi connectivity index (χ0) is 14.5. The van der Waals surface area contributed by atoms with E-state index in [1.807, 2.05) is 20.0 Å². The largest absolute Gasteiger partial charge is 0.379 e. The van der Waals surface area contributed by atoms with E-state index in [9.17, 15) is 0 Å². The first-order valence-electron chi connectivity index (χ1n) is 7.39. The van der Waals surface area contributed by atoms with E-state index in [1.165, 1.54) is 18.4 Å². The maximum atomic E-state index is 6.36. The Balaban J connectivity index is 1.82. The van der Waals surface area contributed by atoms with Crippen molar-refractivity contribution in [2.45, 2.75) is 32.2 Å². The summed E-state index contributed by atoms with van der Waals surface area (Å²) < 4.78 is 5.66. The minimum atomic E-state index is 0.158. The van der Waals surface area contributed by atoms with Crippen molar-refractivity contribution in [2.75, 3.05) is 31.7 Å². The number of hydrogen-bond acceptors (Lipinski definition) is 3. The van der Waals surface area contributed by atoms with Crippen LogP contribution in [0, 0.1) is 5.92 Å². The summed E-state index contributed by atoms with van der Waals surface area (Å²) in [5.74, 6) is 0.821. The van der Waals surface area contributed by atoms with Crippen LogP contribution < -0.4 is 10.6 Å². The van der Waals surface area contributed by atoms with Crippen molar-refractivity contribution >= 4 is 17.3 Å². The number of anilines is 1. The Bertz CT molecular complexity index is 432. The zero-order valence-electron chi connectivity index (χ0n) is 12.4. The summed E-state index contributed by atoms with van der Waals surface area (Å²) in [7, 11) is 2.05. The number of halogens is 1. The number of rotatable bonds is 8. The van der Waals surface area contributed by atoms with Gasteiger partial charge in [0.2, 0.25) is 0 Å². The monoisotopic (exact) mass is 296 g/mol. The molecule has 0 radical (unpaired) electrons. The van der Waals surface area contributed by atoms with E-state index in [-0.39, 0.29) is 6.04 Å². The van der Waals surface area contributed by atoms with Crippen LogP contribution in [0.15, 0.2) is 18.2 Å². The summed E-state index contributed by atoms with van der Waals surface area (Å²) in [5, 5.41) is 0.785. The van der Waals surface area contributed by atoms with Crippen molar-refractivity contribution in [3.05, 3.63) is 28.8 Å². The van der Waals surface area contributed by atoms with E-state index in [0.29, 0.717) is 0 Å². The Hall–Kier alpha value is -0.770. The van der Waals surface area contributed by atoms with Crippen molar-refractivity contribution in [1.29, 1.82) is 0 Å². The van der Waals surface area contributed by atoms with E-state index in [2.05, 4.69) is 17.0 Å². The number of hydrogen-bond donors (Lipinski definition) is 1. The van der Waals surface area contributed by atoms with Gasteiger partial charge < -0.3 is 15.4 Å².